The summed E-state index contributed by atoms with van der Waals surface area (Å²) in [5.74, 6) is 2.86. The van der Waals surface area contributed by atoms with Crippen LogP contribution < -0.4 is 19.1 Å². The Balaban J connectivity index is 1.69. The third-order valence-corrected chi connectivity index (χ3v) is 5.18. The minimum Gasteiger partial charge on any atom is -0.497 e. The molecule has 0 spiro atoms. The summed E-state index contributed by atoms with van der Waals surface area (Å²) < 4.78 is 16.5. The van der Waals surface area contributed by atoms with Crippen molar-refractivity contribution in [3.63, 3.8) is 0 Å². The molecular formula is C18H21N3O4. The van der Waals surface area contributed by atoms with E-state index in [2.05, 4.69) is 14.9 Å². The molecule has 0 saturated carbocycles. The molecule has 0 aliphatic carbocycles. The summed E-state index contributed by atoms with van der Waals surface area (Å²) in [7, 11) is 3.22. The number of rotatable bonds is 4. The molecule has 1 aromatic heterocycles. The molecule has 3 heterocycles. The predicted molar refractivity (Wildman–Crippen MR) is 91.5 cm³/mol. The van der Waals surface area contributed by atoms with Crippen molar-refractivity contribution < 1.29 is 19.3 Å². The Morgan fingerprint density at radius 3 is 2.96 bits per heavy atom. The Kier molecular flexibility index (Phi) is 3.88. The van der Waals surface area contributed by atoms with E-state index in [4.69, 9.17) is 14.2 Å². The number of anilines is 1. The van der Waals surface area contributed by atoms with Gasteiger partial charge in [0.1, 0.15) is 11.5 Å². The molecule has 1 aromatic carbocycles. The van der Waals surface area contributed by atoms with Gasteiger partial charge in [0.05, 0.1) is 32.8 Å². The van der Waals surface area contributed by atoms with Crippen LogP contribution in [0.1, 0.15) is 11.5 Å². The van der Waals surface area contributed by atoms with E-state index in [-0.39, 0.29) is 17.9 Å². The van der Waals surface area contributed by atoms with E-state index in [1.54, 1.807) is 26.5 Å². The average molecular weight is 343 g/mol. The fraction of sp³-hybridized carbons (Fsp3) is 0.444. The number of benzene rings is 1. The highest BCUT2D eigenvalue weighted by Crippen LogP contribution is 2.50. The smallest absolute Gasteiger partial charge is 0.228 e. The minimum absolute atomic E-state index is 0.0452. The van der Waals surface area contributed by atoms with Gasteiger partial charge in [0.2, 0.25) is 11.8 Å². The summed E-state index contributed by atoms with van der Waals surface area (Å²) >= 11 is 0. The Morgan fingerprint density at radius 2 is 2.20 bits per heavy atom. The molecule has 0 radical (unpaired) electrons. The average Bonchev–Trinajstić information content (AvgIpc) is 3.08. The number of nitrogens with zero attached hydrogens (tertiary/aromatic N) is 3. The first-order valence-electron chi connectivity index (χ1n) is 8.23. The van der Waals surface area contributed by atoms with E-state index < -0.39 is 0 Å². The van der Waals surface area contributed by atoms with Gasteiger partial charge >= 0.3 is 0 Å². The zero-order chi connectivity index (χ0) is 17.4. The highest BCUT2D eigenvalue weighted by molar-refractivity contribution is 5.49. The van der Waals surface area contributed by atoms with Crippen LogP contribution in [-0.4, -0.2) is 55.6 Å². The highest BCUT2D eigenvalue weighted by atomic mass is 16.5. The number of aliphatic hydroxyl groups is 1. The van der Waals surface area contributed by atoms with E-state index in [9.17, 15) is 5.11 Å². The first-order valence-corrected chi connectivity index (χ1v) is 8.23. The second-order valence-corrected chi connectivity index (χ2v) is 6.55. The number of aliphatic hydroxyl groups excluding tert-OH is 1. The first kappa shape index (κ1) is 16.0. The van der Waals surface area contributed by atoms with Crippen LogP contribution in [0.4, 0.5) is 5.95 Å². The van der Waals surface area contributed by atoms with Crippen molar-refractivity contribution in [3.05, 3.63) is 36.0 Å². The zero-order valence-corrected chi connectivity index (χ0v) is 14.3. The van der Waals surface area contributed by atoms with Gasteiger partial charge in [-0.05, 0) is 6.07 Å². The van der Waals surface area contributed by atoms with Crippen LogP contribution in [0.25, 0.3) is 0 Å². The quantitative estimate of drug-likeness (QED) is 0.901. The summed E-state index contributed by atoms with van der Waals surface area (Å²) in [5, 5.41) is 10.1. The molecule has 0 amide bonds. The highest BCUT2D eigenvalue weighted by Gasteiger charge is 2.51. The van der Waals surface area contributed by atoms with Gasteiger partial charge in [0, 0.05) is 42.9 Å². The van der Waals surface area contributed by atoms with E-state index in [1.165, 1.54) is 0 Å². The molecule has 132 valence electrons. The van der Waals surface area contributed by atoms with Crippen molar-refractivity contribution in [1.82, 2.24) is 9.97 Å². The van der Waals surface area contributed by atoms with Crippen molar-refractivity contribution in [1.29, 1.82) is 0 Å². The van der Waals surface area contributed by atoms with E-state index >= 15 is 0 Å². The zero-order valence-electron chi connectivity index (χ0n) is 14.3. The largest absolute Gasteiger partial charge is 0.497 e. The minimum atomic E-state index is -0.367. The number of fused-ring (bicyclic) bond motifs is 3. The van der Waals surface area contributed by atoms with Gasteiger partial charge in [-0.3, -0.25) is 0 Å². The summed E-state index contributed by atoms with van der Waals surface area (Å²) in [6.07, 6.45) is 1.68. The molecule has 4 rings (SSSR count). The van der Waals surface area contributed by atoms with Crippen LogP contribution >= 0.6 is 0 Å². The summed E-state index contributed by atoms with van der Waals surface area (Å²) in [4.78, 5) is 10.9. The van der Waals surface area contributed by atoms with Crippen LogP contribution in [0.5, 0.6) is 17.4 Å². The molecule has 1 N–H and O–H groups in total. The maximum absolute atomic E-state index is 10.1. The van der Waals surface area contributed by atoms with Crippen LogP contribution in [0.3, 0.4) is 0 Å². The SMILES string of the molecule is COc1ccc2c(c1)OC[C@]1(CO)CN(c3nccc(OC)n3)C[C@H]21. The molecule has 2 aliphatic heterocycles. The van der Waals surface area contributed by atoms with Crippen molar-refractivity contribution in [3.8, 4) is 17.4 Å². The lowest BCUT2D eigenvalue weighted by atomic mass is 9.74. The van der Waals surface area contributed by atoms with Gasteiger partial charge in [0.15, 0.2) is 0 Å². The molecule has 1 fully saturated rings. The van der Waals surface area contributed by atoms with Crippen LogP contribution in [0, 0.1) is 5.41 Å². The molecule has 7 nitrogen and oxygen atoms in total. The lowest BCUT2D eigenvalue weighted by Gasteiger charge is -2.37. The van der Waals surface area contributed by atoms with E-state index in [0.717, 1.165) is 23.6 Å². The van der Waals surface area contributed by atoms with Crippen molar-refractivity contribution >= 4 is 5.95 Å². The van der Waals surface area contributed by atoms with Gasteiger partial charge in [-0.15, -0.1) is 0 Å². The topological polar surface area (TPSA) is 76.9 Å². The second kappa shape index (κ2) is 6.07. The number of hydrogen-bond donors (Lipinski definition) is 1. The lowest BCUT2D eigenvalue weighted by molar-refractivity contribution is 0.0533. The number of ether oxygens (including phenoxy) is 3. The van der Waals surface area contributed by atoms with Crippen molar-refractivity contribution in [2.75, 3.05) is 45.4 Å². The summed E-state index contributed by atoms with van der Waals surface area (Å²) in [6.45, 7) is 1.85. The second-order valence-electron chi connectivity index (χ2n) is 6.55. The normalized spacial score (nSPS) is 24.3. The standard InChI is InChI=1S/C18H21N3O4/c1-23-12-3-4-13-14-8-21(17-19-6-5-16(20-17)24-2)9-18(14,10-22)11-25-15(13)7-12/h3-7,14,22H,8-11H2,1-2H3/t14-,18-/m1/s1. The number of methoxy groups -OCH3 is 2. The fourth-order valence-corrected chi connectivity index (χ4v) is 3.78. The Labute approximate surface area is 146 Å². The summed E-state index contributed by atoms with van der Waals surface area (Å²) in [6, 6.07) is 7.58. The van der Waals surface area contributed by atoms with Gasteiger partial charge in [0.25, 0.3) is 0 Å². The third-order valence-electron chi connectivity index (χ3n) is 5.18. The summed E-state index contributed by atoms with van der Waals surface area (Å²) in [5.41, 5.74) is 0.722. The van der Waals surface area contributed by atoms with E-state index in [1.807, 2.05) is 18.2 Å². The molecule has 0 unspecified atom stereocenters. The lowest BCUT2D eigenvalue weighted by Crippen LogP contribution is -2.42. The van der Waals surface area contributed by atoms with Gasteiger partial charge < -0.3 is 24.2 Å². The van der Waals surface area contributed by atoms with Gasteiger partial charge in [-0.25, -0.2) is 4.98 Å². The first-order chi connectivity index (χ1) is 12.2. The Bertz CT molecular complexity index is 785. The van der Waals surface area contributed by atoms with Crippen molar-refractivity contribution in [2.24, 2.45) is 5.41 Å². The van der Waals surface area contributed by atoms with Crippen molar-refractivity contribution in [2.45, 2.75) is 5.92 Å². The molecule has 1 saturated heterocycles. The van der Waals surface area contributed by atoms with Crippen LogP contribution in [-0.2, 0) is 0 Å². The predicted octanol–water partition coefficient (Wildman–Crippen LogP) is 1.47. The maximum Gasteiger partial charge on any atom is 0.228 e. The monoisotopic (exact) mass is 343 g/mol. The van der Waals surface area contributed by atoms with Gasteiger partial charge in [-0.2, -0.15) is 4.98 Å². The number of aromatic nitrogens is 2. The van der Waals surface area contributed by atoms with E-state index in [0.29, 0.717) is 25.0 Å². The third kappa shape index (κ3) is 2.55. The Hall–Kier alpha value is -2.54. The number of hydrogen-bond acceptors (Lipinski definition) is 7. The molecule has 2 atom stereocenters. The maximum atomic E-state index is 10.1. The molecular weight excluding hydrogens is 322 g/mol. The molecule has 2 aliphatic rings. The molecule has 2 aromatic rings. The Morgan fingerprint density at radius 1 is 1.32 bits per heavy atom. The molecule has 7 heteroatoms. The van der Waals surface area contributed by atoms with Crippen LogP contribution in [0.15, 0.2) is 30.5 Å². The van der Waals surface area contributed by atoms with Gasteiger partial charge in [-0.1, -0.05) is 6.07 Å². The van der Waals surface area contributed by atoms with Crippen LogP contribution in [0.2, 0.25) is 0 Å². The fourth-order valence-electron chi connectivity index (χ4n) is 3.78. The molecule has 0 bridgehead atoms. The molecule has 25 heavy (non-hydrogen) atoms.